The summed E-state index contributed by atoms with van der Waals surface area (Å²) in [6.07, 6.45) is 0.716. The number of hydrogen-bond acceptors (Lipinski definition) is 6. The van der Waals surface area contributed by atoms with E-state index in [2.05, 4.69) is 0 Å². The number of carbonyl (C=O) groups is 1. The molecule has 98 valence electrons. The fourth-order valence-electron chi connectivity index (χ4n) is 1.46. The van der Waals surface area contributed by atoms with Gasteiger partial charge in [-0.25, -0.2) is 0 Å². The SMILES string of the molecule is COc1ccc(Oc2csc(C=O)c2)cc1[N+](=O)[O-]. The Kier molecular flexibility index (Phi) is 3.76. The number of thiophene rings is 1. The summed E-state index contributed by atoms with van der Waals surface area (Å²) in [7, 11) is 1.36. The Balaban J connectivity index is 2.28. The summed E-state index contributed by atoms with van der Waals surface area (Å²) in [4.78, 5) is 21.4. The highest BCUT2D eigenvalue weighted by molar-refractivity contribution is 7.11. The van der Waals surface area contributed by atoms with E-state index in [-0.39, 0.29) is 11.4 Å². The lowest BCUT2D eigenvalue weighted by atomic mass is 10.3. The van der Waals surface area contributed by atoms with Gasteiger partial charge in [-0.3, -0.25) is 14.9 Å². The van der Waals surface area contributed by atoms with Crippen molar-refractivity contribution in [3.63, 3.8) is 0 Å². The molecule has 1 heterocycles. The molecule has 0 aliphatic rings. The number of ether oxygens (including phenoxy) is 2. The van der Waals surface area contributed by atoms with E-state index in [0.717, 1.165) is 0 Å². The summed E-state index contributed by atoms with van der Waals surface area (Å²) in [6.45, 7) is 0. The highest BCUT2D eigenvalue weighted by atomic mass is 32.1. The summed E-state index contributed by atoms with van der Waals surface area (Å²) < 4.78 is 10.3. The molecular weight excluding hydrogens is 270 g/mol. The van der Waals surface area contributed by atoms with Gasteiger partial charge in [-0.15, -0.1) is 11.3 Å². The molecule has 1 aromatic carbocycles. The first-order valence-corrected chi connectivity index (χ1v) is 6.06. The second-order valence-electron chi connectivity index (χ2n) is 3.50. The fourth-order valence-corrected chi connectivity index (χ4v) is 2.07. The van der Waals surface area contributed by atoms with Gasteiger partial charge in [-0.05, 0) is 12.1 Å². The highest BCUT2D eigenvalue weighted by Gasteiger charge is 2.16. The second-order valence-corrected chi connectivity index (χ2v) is 4.44. The van der Waals surface area contributed by atoms with Gasteiger partial charge in [-0.1, -0.05) is 0 Å². The van der Waals surface area contributed by atoms with Crippen LogP contribution in [0.3, 0.4) is 0 Å². The van der Waals surface area contributed by atoms with Crippen LogP contribution in [-0.2, 0) is 0 Å². The van der Waals surface area contributed by atoms with Crippen LogP contribution in [0.15, 0.2) is 29.6 Å². The number of nitro benzene ring substituents is 1. The molecule has 0 saturated carbocycles. The molecule has 0 aliphatic carbocycles. The van der Waals surface area contributed by atoms with Crippen LogP contribution in [0.5, 0.6) is 17.2 Å². The summed E-state index contributed by atoms with van der Waals surface area (Å²) in [5.41, 5.74) is -0.175. The predicted molar refractivity (Wildman–Crippen MR) is 69.4 cm³/mol. The van der Waals surface area contributed by atoms with E-state index in [0.29, 0.717) is 22.7 Å². The standard InChI is InChI=1S/C12H9NO5S/c1-17-12-3-2-8(5-11(12)13(15)16)18-9-4-10(6-14)19-7-9/h2-7H,1H3. The van der Waals surface area contributed by atoms with Crippen molar-refractivity contribution in [1.82, 2.24) is 0 Å². The third-order valence-corrected chi connectivity index (χ3v) is 3.13. The van der Waals surface area contributed by atoms with Crippen LogP contribution in [0.4, 0.5) is 5.69 Å². The minimum Gasteiger partial charge on any atom is -0.490 e. The lowest BCUT2D eigenvalue weighted by molar-refractivity contribution is -0.385. The number of hydrogen-bond donors (Lipinski definition) is 0. The average Bonchev–Trinajstić information content (AvgIpc) is 2.86. The molecule has 0 aliphatic heterocycles. The van der Waals surface area contributed by atoms with Crippen molar-refractivity contribution < 1.29 is 19.2 Å². The number of carbonyl (C=O) groups excluding carboxylic acids is 1. The van der Waals surface area contributed by atoms with E-state index in [1.54, 1.807) is 17.5 Å². The van der Waals surface area contributed by atoms with Gasteiger partial charge in [0.05, 0.1) is 23.0 Å². The quantitative estimate of drug-likeness (QED) is 0.477. The lowest BCUT2D eigenvalue weighted by Crippen LogP contribution is -1.94. The molecular formula is C12H9NO5S. The molecule has 0 amide bonds. The van der Waals surface area contributed by atoms with Gasteiger partial charge in [0.2, 0.25) is 0 Å². The predicted octanol–water partition coefficient (Wildman–Crippen LogP) is 3.27. The molecule has 2 aromatic rings. The Morgan fingerprint density at radius 1 is 1.32 bits per heavy atom. The molecule has 6 nitrogen and oxygen atoms in total. The fraction of sp³-hybridized carbons (Fsp3) is 0.0833. The smallest absolute Gasteiger partial charge is 0.314 e. The van der Waals surface area contributed by atoms with Gasteiger partial charge in [-0.2, -0.15) is 0 Å². The first kappa shape index (κ1) is 13.0. The van der Waals surface area contributed by atoms with Crippen LogP contribution in [0.2, 0.25) is 0 Å². The zero-order valence-electron chi connectivity index (χ0n) is 9.86. The number of methoxy groups -OCH3 is 1. The minimum absolute atomic E-state index is 0.163. The van der Waals surface area contributed by atoms with Crippen molar-refractivity contribution in [2.24, 2.45) is 0 Å². The maximum atomic E-state index is 10.9. The van der Waals surface area contributed by atoms with Crippen molar-refractivity contribution in [2.45, 2.75) is 0 Å². The number of nitrogens with zero attached hydrogens (tertiary/aromatic N) is 1. The van der Waals surface area contributed by atoms with Crippen molar-refractivity contribution in [3.05, 3.63) is 44.6 Å². The van der Waals surface area contributed by atoms with Crippen molar-refractivity contribution >= 4 is 23.3 Å². The topological polar surface area (TPSA) is 78.7 Å². The van der Waals surface area contributed by atoms with E-state index >= 15 is 0 Å². The van der Waals surface area contributed by atoms with Gasteiger partial charge in [0.15, 0.2) is 12.0 Å². The van der Waals surface area contributed by atoms with Crippen molar-refractivity contribution in [1.29, 1.82) is 0 Å². The zero-order chi connectivity index (χ0) is 13.8. The zero-order valence-corrected chi connectivity index (χ0v) is 10.7. The van der Waals surface area contributed by atoms with E-state index in [1.165, 1.54) is 30.6 Å². The molecule has 0 fully saturated rings. The van der Waals surface area contributed by atoms with E-state index in [4.69, 9.17) is 9.47 Å². The third kappa shape index (κ3) is 2.89. The molecule has 2 rings (SSSR count). The molecule has 19 heavy (non-hydrogen) atoms. The number of rotatable bonds is 5. The number of aldehydes is 1. The Bertz CT molecular complexity index is 622. The molecule has 0 atom stereocenters. The summed E-state index contributed by atoms with van der Waals surface area (Å²) in [5, 5.41) is 12.5. The Labute approximate surface area is 112 Å². The monoisotopic (exact) mass is 279 g/mol. The van der Waals surface area contributed by atoms with Crippen molar-refractivity contribution in [2.75, 3.05) is 7.11 Å². The first-order valence-electron chi connectivity index (χ1n) is 5.18. The molecule has 0 radical (unpaired) electrons. The summed E-state index contributed by atoms with van der Waals surface area (Å²) in [6, 6.07) is 5.86. The minimum atomic E-state index is -0.545. The molecule has 1 aromatic heterocycles. The maximum Gasteiger partial charge on any atom is 0.314 e. The number of nitro groups is 1. The molecule has 0 N–H and O–H groups in total. The van der Waals surface area contributed by atoms with Crippen LogP contribution >= 0.6 is 11.3 Å². The second kappa shape index (κ2) is 5.49. The first-order chi connectivity index (χ1) is 9.13. The largest absolute Gasteiger partial charge is 0.490 e. The van der Waals surface area contributed by atoms with Crippen molar-refractivity contribution in [3.8, 4) is 17.2 Å². The Morgan fingerprint density at radius 2 is 2.11 bits per heavy atom. The van der Waals surface area contributed by atoms with E-state index in [1.807, 2.05) is 0 Å². The van der Waals surface area contributed by atoms with Gasteiger partial charge in [0.25, 0.3) is 0 Å². The highest BCUT2D eigenvalue weighted by Crippen LogP contribution is 2.33. The Hall–Kier alpha value is -2.41. The van der Waals surface area contributed by atoms with E-state index in [9.17, 15) is 14.9 Å². The summed E-state index contributed by atoms with van der Waals surface area (Å²) in [5.74, 6) is 0.936. The normalized spacial score (nSPS) is 9.95. The van der Waals surface area contributed by atoms with Crippen LogP contribution in [0.1, 0.15) is 9.67 Å². The van der Waals surface area contributed by atoms with Crippen LogP contribution < -0.4 is 9.47 Å². The van der Waals surface area contributed by atoms with Gasteiger partial charge < -0.3 is 9.47 Å². The molecule has 0 saturated heterocycles. The maximum absolute atomic E-state index is 10.9. The average molecular weight is 279 g/mol. The summed E-state index contributed by atoms with van der Waals surface area (Å²) >= 11 is 1.24. The van der Waals surface area contributed by atoms with Crippen LogP contribution in [-0.4, -0.2) is 18.3 Å². The van der Waals surface area contributed by atoms with Gasteiger partial charge in [0.1, 0.15) is 11.5 Å². The van der Waals surface area contributed by atoms with Gasteiger partial charge in [0, 0.05) is 11.4 Å². The van der Waals surface area contributed by atoms with Crippen LogP contribution in [0.25, 0.3) is 0 Å². The molecule has 7 heteroatoms. The third-order valence-electron chi connectivity index (χ3n) is 2.29. The number of benzene rings is 1. The molecule has 0 unspecified atom stereocenters. The van der Waals surface area contributed by atoms with Crippen LogP contribution in [0, 0.1) is 10.1 Å². The molecule has 0 spiro atoms. The lowest BCUT2D eigenvalue weighted by Gasteiger charge is -2.05. The van der Waals surface area contributed by atoms with E-state index < -0.39 is 4.92 Å². The Morgan fingerprint density at radius 3 is 2.68 bits per heavy atom. The molecule has 0 bridgehead atoms. The van der Waals surface area contributed by atoms with Gasteiger partial charge >= 0.3 is 5.69 Å².